The maximum Gasteiger partial charge on any atom is 0.277 e. The number of nitrogens with one attached hydrogen (secondary N) is 1. The van der Waals surface area contributed by atoms with Gasteiger partial charge in [0.15, 0.2) is 11.5 Å². The largest absolute Gasteiger partial charge is 0.355 e. The molecule has 4 aromatic rings. The predicted molar refractivity (Wildman–Crippen MR) is 103 cm³/mol. The number of carbonyl (C=O) groups is 1. The van der Waals surface area contributed by atoms with E-state index in [1.54, 1.807) is 23.0 Å². The van der Waals surface area contributed by atoms with Gasteiger partial charge in [-0.25, -0.2) is 4.39 Å². The monoisotopic (exact) mass is 396 g/mol. The van der Waals surface area contributed by atoms with Gasteiger partial charge in [-0.1, -0.05) is 53.2 Å². The second-order valence-corrected chi connectivity index (χ2v) is 6.47. The van der Waals surface area contributed by atoms with E-state index in [1.165, 1.54) is 18.3 Å². The van der Waals surface area contributed by atoms with Crippen molar-refractivity contribution in [3.8, 4) is 11.3 Å². The van der Waals surface area contributed by atoms with Crippen LogP contribution >= 0.6 is 11.6 Å². The van der Waals surface area contributed by atoms with Crippen molar-refractivity contribution in [3.05, 3.63) is 89.1 Å². The Morgan fingerprint density at radius 1 is 1.18 bits per heavy atom. The Morgan fingerprint density at radius 2 is 2.00 bits per heavy atom. The maximum absolute atomic E-state index is 13.1. The number of carbonyl (C=O) groups excluding carboxylic acids is 1. The van der Waals surface area contributed by atoms with Gasteiger partial charge in [0.1, 0.15) is 5.82 Å². The molecule has 0 aliphatic carbocycles. The van der Waals surface area contributed by atoms with Crippen LogP contribution in [0.3, 0.4) is 0 Å². The van der Waals surface area contributed by atoms with Crippen molar-refractivity contribution in [1.82, 2.24) is 14.9 Å². The topological polar surface area (TPSA) is 73.0 Å². The van der Waals surface area contributed by atoms with Gasteiger partial charge in [-0.15, -0.1) is 0 Å². The number of anilines is 1. The van der Waals surface area contributed by atoms with Crippen molar-refractivity contribution in [1.29, 1.82) is 0 Å². The molecule has 0 bridgehead atoms. The van der Waals surface area contributed by atoms with Crippen molar-refractivity contribution in [3.63, 3.8) is 0 Å². The summed E-state index contributed by atoms with van der Waals surface area (Å²) in [6.07, 6.45) is 3.16. The molecule has 0 spiro atoms. The third-order valence-corrected chi connectivity index (χ3v) is 4.39. The Balaban J connectivity index is 1.44. The van der Waals surface area contributed by atoms with Gasteiger partial charge in [-0.05, 0) is 17.7 Å². The Hall–Kier alpha value is -3.45. The predicted octanol–water partition coefficient (Wildman–Crippen LogP) is 4.63. The average Bonchev–Trinajstić information content (AvgIpc) is 3.35. The molecule has 0 saturated carbocycles. The summed E-state index contributed by atoms with van der Waals surface area (Å²) in [7, 11) is 0. The first kappa shape index (κ1) is 17.9. The Kier molecular flexibility index (Phi) is 4.90. The van der Waals surface area contributed by atoms with Gasteiger partial charge in [-0.2, -0.15) is 5.10 Å². The van der Waals surface area contributed by atoms with Crippen LogP contribution in [0.1, 0.15) is 16.1 Å². The molecule has 2 aromatic carbocycles. The smallest absolute Gasteiger partial charge is 0.277 e. The number of amides is 1. The van der Waals surface area contributed by atoms with E-state index in [4.69, 9.17) is 16.1 Å². The fraction of sp³-hybridized carbons (Fsp3) is 0.0500. The van der Waals surface area contributed by atoms with Gasteiger partial charge in [-0.3, -0.25) is 9.48 Å². The fourth-order valence-electron chi connectivity index (χ4n) is 2.65. The summed E-state index contributed by atoms with van der Waals surface area (Å²) in [5, 5.41) is 11.0. The standard InChI is InChI=1S/C20H14ClFN4O2/c21-17-8-15(22)7-6-14(17)11-26-12-16(10-23-26)24-20(27)18-9-19(28-25-18)13-4-2-1-3-5-13/h1-10,12H,11H2,(H,24,27). The van der Waals surface area contributed by atoms with E-state index in [0.29, 0.717) is 28.6 Å². The first-order chi connectivity index (χ1) is 13.6. The Labute approximate surface area is 164 Å². The van der Waals surface area contributed by atoms with Crippen molar-refractivity contribution < 1.29 is 13.7 Å². The quantitative estimate of drug-likeness (QED) is 0.533. The third-order valence-electron chi connectivity index (χ3n) is 4.04. The average molecular weight is 397 g/mol. The number of nitrogens with zero attached hydrogens (tertiary/aromatic N) is 3. The molecule has 0 fully saturated rings. The Morgan fingerprint density at radius 3 is 2.79 bits per heavy atom. The lowest BCUT2D eigenvalue weighted by Gasteiger charge is -2.04. The van der Waals surface area contributed by atoms with Gasteiger partial charge in [0.25, 0.3) is 5.91 Å². The number of hydrogen-bond donors (Lipinski definition) is 1. The lowest BCUT2D eigenvalue weighted by atomic mass is 10.1. The van der Waals surface area contributed by atoms with Crippen LogP contribution in [0.2, 0.25) is 5.02 Å². The van der Waals surface area contributed by atoms with Crippen molar-refractivity contribution in [2.24, 2.45) is 0 Å². The van der Waals surface area contributed by atoms with Crippen LogP contribution in [0, 0.1) is 5.82 Å². The van der Waals surface area contributed by atoms with E-state index < -0.39 is 11.7 Å². The number of aromatic nitrogens is 3. The van der Waals surface area contributed by atoms with Crippen molar-refractivity contribution in [2.45, 2.75) is 6.54 Å². The van der Waals surface area contributed by atoms with E-state index >= 15 is 0 Å². The number of halogens is 2. The van der Waals surface area contributed by atoms with E-state index in [0.717, 1.165) is 5.56 Å². The SMILES string of the molecule is O=C(Nc1cnn(Cc2ccc(F)cc2Cl)c1)c1cc(-c2ccccc2)on1. The zero-order valence-corrected chi connectivity index (χ0v) is 15.2. The summed E-state index contributed by atoms with van der Waals surface area (Å²) in [6, 6.07) is 15.1. The van der Waals surface area contributed by atoms with Crippen LogP contribution in [0.15, 0.2) is 71.5 Å². The molecule has 2 heterocycles. The van der Waals surface area contributed by atoms with Crippen LogP contribution in [-0.2, 0) is 6.54 Å². The molecule has 28 heavy (non-hydrogen) atoms. The number of benzene rings is 2. The lowest BCUT2D eigenvalue weighted by molar-refractivity contribution is 0.101. The van der Waals surface area contributed by atoms with Gasteiger partial charge < -0.3 is 9.84 Å². The second-order valence-electron chi connectivity index (χ2n) is 6.06. The van der Waals surface area contributed by atoms with Gasteiger partial charge >= 0.3 is 0 Å². The Bertz CT molecular complexity index is 1120. The highest BCUT2D eigenvalue weighted by molar-refractivity contribution is 6.31. The van der Waals surface area contributed by atoms with E-state index in [1.807, 2.05) is 30.3 Å². The third kappa shape index (κ3) is 3.94. The van der Waals surface area contributed by atoms with Crippen molar-refractivity contribution in [2.75, 3.05) is 5.32 Å². The maximum atomic E-state index is 13.1. The molecule has 0 aliphatic heterocycles. The molecule has 0 aliphatic rings. The van der Waals surface area contributed by atoms with Crippen molar-refractivity contribution >= 4 is 23.2 Å². The summed E-state index contributed by atoms with van der Waals surface area (Å²) >= 11 is 6.03. The van der Waals surface area contributed by atoms with E-state index in [2.05, 4.69) is 15.6 Å². The molecular weight excluding hydrogens is 383 g/mol. The second kappa shape index (κ2) is 7.66. The minimum absolute atomic E-state index is 0.160. The summed E-state index contributed by atoms with van der Waals surface area (Å²) in [5.41, 5.74) is 2.20. The summed E-state index contributed by atoms with van der Waals surface area (Å²) in [5.74, 6) is -0.303. The summed E-state index contributed by atoms with van der Waals surface area (Å²) < 4.78 is 20.0. The first-order valence-corrected chi connectivity index (χ1v) is 8.76. The highest BCUT2D eigenvalue weighted by Gasteiger charge is 2.15. The summed E-state index contributed by atoms with van der Waals surface area (Å²) in [4.78, 5) is 12.4. The fourth-order valence-corrected chi connectivity index (χ4v) is 2.88. The van der Waals surface area contributed by atoms with Crippen LogP contribution in [0.5, 0.6) is 0 Å². The van der Waals surface area contributed by atoms with Crippen LogP contribution in [-0.4, -0.2) is 20.8 Å². The molecule has 0 radical (unpaired) electrons. The van der Waals surface area contributed by atoms with E-state index in [9.17, 15) is 9.18 Å². The van der Waals surface area contributed by atoms with Crippen LogP contribution in [0.4, 0.5) is 10.1 Å². The normalized spacial score (nSPS) is 10.8. The number of hydrogen-bond acceptors (Lipinski definition) is 4. The van der Waals surface area contributed by atoms with Gasteiger partial charge in [0.2, 0.25) is 0 Å². The molecule has 6 nitrogen and oxygen atoms in total. The highest BCUT2D eigenvalue weighted by atomic mass is 35.5. The zero-order chi connectivity index (χ0) is 19.5. The van der Waals surface area contributed by atoms with Crippen LogP contribution < -0.4 is 5.32 Å². The van der Waals surface area contributed by atoms with Gasteiger partial charge in [0.05, 0.1) is 18.4 Å². The molecule has 1 amide bonds. The zero-order valence-electron chi connectivity index (χ0n) is 14.5. The summed E-state index contributed by atoms with van der Waals surface area (Å²) in [6.45, 7) is 0.344. The minimum Gasteiger partial charge on any atom is -0.355 e. The lowest BCUT2D eigenvalue weighted by Crippen LogP contribution is -2.11. The van der Waals surface area contributed by atoms with Gasteiger partial charge in [0, 0.05) is 22.8 Å². The molecule has 0 unspecified atom stereocenters. The number of rotatable bonds is 5. The highest BCUT2D eigenvalue weighted by Crippen LogP contribution is 2.21. The molecule has 4 rings (SSSR count). The molecule has 0 atom stereocenters. The van der Waals surface area contributed by atoms with Crippen LogP contribution in [0.25, 0.3) is 11.3 Å². The molecule has 140 valence electrons. The molecule has 8 heteroatoms. The first-order valence-electron chi connectivity index (χ1n) is 8.38. The van der Waals surface area contributed by atoms with E-state index in [-0.39, 0.29) is 5.69 Å². The molecule has 2 aromatic heterocycles. The molecular formula is C20H14ClFN4O2. The minimum atomic E-state index is -0.412. The molecule has 0 saturated heterocycles. The molecule has 1 N–H and O–H groups in total.